The van der Waals surface area contributed by atoms with Crippen LogP contribution in [0.15, 0.2) is 42.5 Å². The van der Waals surface area contributed by atoms with Gasteiger partial charge in [0.05, 0.1) is 6.61 Å². The molecule has 2 aromatic carbocycles. The molecule has 1 heterocycles. The summed E-state index contributed by atoms with van der Waals surface area (Å²) in [5.41, 5.74) is 2.50. The topological polar surface area (TPSA) is 75.6 Å². The number of halogens is 1. The number of benzene rings is 2. The van der Waals surface area contributed by atoms with Crippen LogP contribution in [0.5, 0.6) is 5.75 Å². The van der Waals surface area contributed by atoms with Gasteiger partial charge >= 0.3 is 5.97 Å². The van der Waals surface area contributed by atoms with Crippen LogP contribution in [0, 0.1) is 0 Å². The highest BCUT2D eigenvalue weighted by Crippen LogP contribution is 2.28. The molecule has 2 N–H and O–H groups in total. The first kappa shape index (κ1) is 17.3. The Morgan fingerprint density at radius 1 is 1.20 bits per heavy atom. The first-order valence-corrected chi connectivity index (χ1v) is 8.43. The molecule has 1 unspecified atom stereocenters. The predicted molar refractivity (Wildman–Crippen MR) is 93.9 cm³/mol. The molecule has 0 aliphatic carbocycles. The Labute approximate surface area is 150 Å². The number of rotatable bonds is 6. The van der Waals surface area contributed by atoms with E-state index in [1.165, 1.54) is 0 Å². The van der Waals surface area contributed by atoms with E-state index in [4.69, 9.17) is 16.3 Å². The Morgan fingerprint density at radius 2 is 1.96 bits per heavy atom. The highest BCUT2D eigenvalue weighted by Gasteiger charge is 2.24. The molecule has 1 atom stereocenters. The van der Waals surface area contributed by atoms with Crippen molar-refractivity contribution in [3.63, 3.8) is 0 Å². The van der Waals surface area contributed by atoms with Crippen LogP contribution in [-0.4, -0.2) is 23.6 Å². The van der Waals surface area contributed by atoms with Crippen LogP contribution in [0.25, 0.3) is 0 Å². The van der Waals surface area contributed by atoms with Crippen LogP contribution >= 0.6 is 11.6 Å². The van der Waals surface area contributed by atoms with E-state index in [9.17, 15) is 14.7 Å². The lowest BCUT2D eigenvalue weighted by Crippen LogP contribution is -2.33. The SMILES string of the molecule is O=C(CCc1ccc(Cl)cc1)NC(C(=O)O)c1ccc2c(c1)CCO2. The Morgan fingerprint density at radius 3 is 2.68 bits per heavy atom. The Hall–Kier alpha value is -2.53. The third kappa shape index (κ3) is 4.31. The third-order valence-electron chi connectivity index (χ3n) is 4.15. The minimum Gasteiger partial charge on any atom is -0.493 e. The van der Waals surface area contributed by atoms with Gasteiger partial charge < -0.3 is 15.2 Å². The summed E-state index contributed by atoms with van der Waals surface area (Å²) in [5, 5.41) is 12.7. The maximum Gasteiger partial charge on any atom is 0.330 e. The fourth-order valence-corrected chi connectivity index (χ4v) is 2.94. The van der Waals surface area contributed by atoms with E-state index < -0.39 is 12.0 Å². The van der Waals surface area contributed by atoms with Crippen molar-refractivity contribution in [3.05, 3.63) is 64.2 Å². The normalized spacial score (nSPS) is 13.6. The van der Waals surface area contributed by atoms with E-state index in [0.717, 1.165) is 23.3 Å². The number of aryl methyl sites for hydroxylation is 1. The second-order valence-electron chi connectivity index (χ2n) is 5.93. The lowest BCUT2D eigenvalue weighted by Gasteiger charge is -2.16. The van der Waals surface area contributed by atoms with Gasteiger partial charge in [-0.3, -0.25) is 4.79 Å². The Balaban J connectivity index is 1.64. The number of carbonyl (C=O) groups excluding carboxylic acids is 1. The Kier molecular flexibility index (Phi) is 5.24. The molecule has 0 aromatic heterocycles. The predicted octanol–water partition coefficient (Wildman–Crippen LogP) is 3.15. The van der Waals surface area contributed by atoms with Gasteiger partial charge in [-0.1, -0.05) is 29.8 Å². The summed E-state index contributed by atoms with van der Waals surface area (Å²) in [4.78, 5) is 23.8. The molecule has 0 saturated carbocycles. The number of nitrogens with one attached hydrogen (secondary N) is 1. The smallest absolute Gasteiger partial charge is 0.330 e. The van der Waals surface area contributed by atoms with E-state index in [1.54, 1.807) is 30.3 Å². The van der Waals surface area contributed by atoms with Crippen LogP contribution in [-0.2, 0) is 22.4 Å². The number of carboxylic acids is 1. The largest absolute Gasteiger partial charge is 0.493 e. The molecule has 0 saturated heterocycles. The molecular formula is C19H18ClNO4. The molecule has 5 nitrogen and oxygen atoms in total. The monoisotopic (exact) mass is 359 g/mol. The summed E-state index contributed by atoms with van der Waals surface area (Å²) in [6, 6.07) is 11.4. The van der Waals surface area contributed by atoms with Crippen molar-refractivity contribution in [3.8, 4) is 5.75 Å². The van der Waals surface area contributed by atoms with Crippen molar-refractivity contribution < 1.29 is 19.4 Å². The molecule has 0 fully saturated rings. The molecule has 130 valence electrons. The van der Waals surface area contributed by atoms with E-state index in [0.29, 0.717) is 23.6 Å². The zero-order valence-corrected chi connectivity index (χ0v) is 14.3. The Bertz CT molecular complexity index is 789. The lowest BCUT2D eigenvalue weighted by atomic mass is 10.0. The second kappa shape index (κ2) is 7.57. The molecule has 25 heavy (non-hydrogen) atoms. The summed E-state index contributed by atoms with van der Waals surface area (Å²) in [6.07, 6.45) is 1.48. The molecule has 1 aliphatic rings. The van der Waals surface area contributed by atoms with Gasteiger partial charge in [-0.25, -0.2) is 4.79 Å². The average molecular weight is 360 g/mol. The second-order valence-corrected chi connectivity index (χ2v) is 6.37. The lowest BCUT2D eigenvalue weighted by molar-refractivity contribution is -0.142. The van der Waals surface area contributed by atoms with E-state index in [2.05, 4.69) is 5.32 Å². The van der Waals surface area contributed by atoms with Crippen LogP contribution in [0.2, 0.25) is 5.02 Å². The average Bonchev–Trinajstić information content (AvgIpc) is 3.06. The highest BCUT2D eigenvalue weighted by molar-refractivity contribution is 6.30. The van der Waals surface area contributed by atoms with Crippen LogP contribution in [0.1, 0.15) is 29.2 Å². The number of hydrogen-bond acceptors (Lipinski definition) is 3. The van der Waals surface area contributed by atoms with Gasteiger partial charge in [0.15, 0.2) is 6.04 Å². The number of fused-ring (bicyclic) bond motifs is 1. The molecule has 1 aliphatic heterocycles. The van der Waals surface area contributed by atoms with Crippen LogP contribution < -0.4 is 10.1 Å². The number of aliphatic carboxylic acids is 1. The maximum atomic E-state index is 12.2. The van der Waals surface area contributed by atoms with Crippen molar-refractivity contribution in [1.29, 1.82) is 0 Å². The fourth-order valence-electron chi connectivity index (χ4n) is 2.82. The highest BCUT2D eigenvalue weighted by atomic mass is 35.5. The minimum atomic E-state index is -1.08. The number of ether oxygens (including phenoxy) is 1. The molecular weight excluding hydrogens is 342 g/mol. The molecule has 6 heteroatoms. The summed E-state index contributed by atoms with van der Waals surface area (Å²) in [7, 11) is 0. The summed E-state index contributed by atoms with van der Waals surface area (Å²) >= 11 is 5.83. The molecule has 0 radical (unpaired) electrons. The summed E-state index contributed by atoms with van der Waals surface area (Å²) in [6.45, 7) is 0.601. The van der Waals surface area contributed by atoms with Gasteiger partial charge in [0.25, 0.3) is 0 Å². The van der Waals surface area contributed by atoms with Gasteiger partial charge in [-0.15, -0.1) is 0 Å². The van der Waals surface area contributed by atoms with Crippen molar-refractivity contribution in [2.45, 2.75) is 25.3 Å². The van der Waals surface area contributed by atoms with E-state index in [-0.39, 0.29) is 12.3 Å². The van der Waals surface area contributed by atoms with E-state index >= 15 is 0 Å². The third-order valence-corrected chi connectivity index (χ3v) is 4.41. The minimum absolute atomic E-state index is 0.208. The first-order chi connectivity index (χ1) is 12.0. The molecule has 0 spiro atoms. The summed E-state index contributed by atoms with van der Waals surface area (Å²) < 4.78 is 5.43. The van der Waals surface area contributed by atoms with Gasteiger partial charge in [-0.05, 0) is 47.4 Å². The number of amides is 1. The van der Waals surface area contributed by atoms with Gasteiger partial charge in [0.2, 0.25) is 5.91 Å². The van der Waals surface area contributed by atoms with Crippen molar-refractivity contribution in [1.82, 2.24) is 5.32 Å². The van der Waals surface area contributed by atoms with Crippen molar-refractivity contribution in [2.24, 2.45) is 0 Å². The van der Waals surface area contributed by atoms with Crippen LogP contribution in [0.3, 0.4) is 0 Å². The molecule has 3 rings (SSSR count). The number of carbonyl (C=O) groups is 2. The van der Waals surface area contributed by atoms with Crippen LogP contribution in [0.4, 0.5) is 0 Å². The zero-order chi connectivity index (χ0) is 17.8. The zero-order valence-electron chi connectivity index (χ0n) is 13.5. The standard InChI is InChI=1S/C19H18ClNO4/c20-15-5-1-12(2-6-15)3-8-17(22)21-18(19(23)24)14-4-7-16-13(11-14)9-10-25-16/h1-2,4-7,11,18H,3,8-10H2,(H,21,22)(H,23,24). The van der Waals surface area contributed by atoms with Gasteiger partial charge in [0.1, 0.15) is 5.75 Å². The molecule has 1 amide bonds. The molecule has 2 aromatic rings. The van der Waals surface area contributed by atoms with Gasteiger partial charge in [-0.2, -0.15) is 0 Å². The van der Waals surface area contributed by atoms with Crippen molar-refractivity contribution in [2.75, 3.05) is 6.61 Å². The molecule has 0 bridgehead atoms. The number of hydrogen-bond donors (Lipinski definition) is 2. The quantitative estimate of drug-likeness (QED) is 0.830. The van der Waals surface area contributed by atoms with Gasteiger partial charge in [0, 0.05) is 17.9 Å². The fraction of sp³-hybridized carbons (Fsp3) is 0.263. The number of carboxylic acid groups (broad SMARTS) is 1. The summed E-state index contributed by atoms with van der Waals surface area (Å²) in [5.74, 6) is -0.611. The van der Waals surface area contributed by atoms with Crippen molar-refractivity contribution >= 4 is 23.5 Å². The van der Waals surface area contributed by atoms with E-state index in [1.807, 2.05) is 12.1 Å². The first-order valence-electron chi connectivity index (χ1n) is 8.05. The maximum absolute atomic E-state index is 12.2.